The summed E-state index contributed by atoms with van der Waals surface area (Å²) in [5.41, 5.74) is -1.59. The van der Waals surface area contributed by atoms with Gasteiger partial charge in [0.05, 0.1) is 17.2 Å². The number of alkyl halides is 3. The van der Waals surface area contributed by atoms with Crippen molar-refractivity contribution in [3.63, 3.8) is 0 Å². The Morgan fingerprint density at radius 2 is 2.05 bits per heavy atom. The van der Waals surface area contributed by atoms with Gasteiger partial charge in [-0.25, -0.2) is 0 Å². The zero-order chi connectivity index (χ0) is 15.6. The third-order valence-electron chi connectivity index (χ3n) is 2.53. The first-order valence-electron chi connectivity index (χ1n) is 5.48. The van der Waals surface area contributed by atoms with Crippen molar-refractivity contribution in [2.24, 2.45) is 0 Å². The highest BCUT2D eigenvalue weighted by molar-refractivity contribution is 9.10. The van der Waals surface area contributed by atoms with Gasteiger partial charge in [0.25, 0.3) is 5.91 Å². The number of nitriles is 1. The van der Waals surface area contributed by atoms with Crippen LogP contribution in [0.25, 0.3) is 0 Å². The van der Waals surface area contributed by atoms with E-state index in [1.165, 1.54) is 12.1 Å². The molecule has 0 atom stereocenters. The maximum absolute atomic E-state index is 12.8. The Balaban J connectivity index is 2.32. The van der Waals surface area contributed by atoms with Crippen molar-refractivity contribution in [1.82, 2.24) is 0 Å². The van der Waals surface area contributed by atoms with Gasteiger partial charge in [-0.05, 0) is 45.6 Å². The van der Waals surface area contributed by atoms with E-state index in [9.17, 15) is 18.0 Å². The Hall–Kier alpha value is -1.85. The van der Waals surface area contributed by atoms with Crippen LogP contribution < -0.4 is 5.32 Å². The fourth-order valence-electron chi connectivity index (χ4n) is 1.60. The van der Waals surface area contributed by atoms with Crippen LogP contribution in [-0.4, -0.2) is 5.91 Å². The van der Waals surface area contributed by atoms with Gasteiger partial charge in [0, 0.05) is 10.2 Å². The Morgan fingerprint density at radius 3 is 2.57 bits per heavy atom. The Labute approximate surface area is 130 Å². The number of carbonyl (C=O) groups is 1. The number of halogens is 4. The lowest BCUT2D eigenvalue weighted by atomic mass is 10.1. The molecule has 0 unspecified atom stereocenters. The van der Waals surface area contributed by atoms with Crippen LogP contribution in [0.5, 0.6) is 0 Å². The number of nitrogens with zero attached hydrogens (tertiary/aromatic N) is 1. The summed E-state index contributed by atoms with van der Waals surface area (Å²) < 4.78 is 39.0. The van der Waals surface area contributed by atoms with Gasteiger partial charge in [-0.3, -0.25) is 4.79 Å². The van der Waals surface area contributed by atoms with E-state index in [-0.39, 0.29) is 5.69 Å². The van der Waals surface area contributed by atoms with Crippen molar-refractivity contribution in [3.05, 3.63) is 50.1 Å². The monoisotopic (exact) mass is 374 g/mol. The predicted octanol–water partition coefficient (Wildman–Crippen LogP) is 4.65. The van der Waals surface area contributed by atoms with Crippen LogP contribution in [0.15, 0.2) is 34.1 Å². The van der Waals surface area contributed by atoms with Gasteiger partial charge in [-0.2, -0.15) is 18.4 Å². The molecule has 108 valence electrons. The van der Waals surface area contributed by atoms with Crippen LogP contribution in [0.4, 0.5) is 18.9 Å². The SMILES string of the molecule is N#Cc1ccc(NC(=O)c2sccc2Br)cc1C(F)(F)F. The van der Waals surface area contributed by atoms with E-state index in [1.807, 2.05) is 0 Å². The zero-order valence-corrected chi connectivity index (χ0v) is 12.6. The molecule has 0 radical (unpaired) electrons. The van der Waals surface area contributed by atoms with Crippen molar-refractivity contribution in [2.45, 2.75) is 6.18 Å². The molecule has 1 N–H and O–H groups in total. The molecular weight excluding hydrogens is 369 g/mol. The number of nitrogens with one attached hydrogen (secondary N) is 1. The van der Waals surface area contributed by atoms with Crippen molar-refractivity contribution in [2.75, 3.05) is 5.32 Å². The minimum absolute atomic E-state index is 0.0216. The molecule has 1 amide bonds. The molecule has 1 aromatic heterocycles. The summed E-state index contributed by atoms with van der Waals surface area (Å²) in [6, 6.07) is 6.18. The summed E-state index contributed by atoms with van der Waals surface area (Å²) in [6.45, 7) is 0. The molecule has 3 nitrogen and oxygen atoms in total. The highest BCUT2D eigenvalue weighted by atomic mass is 79.9. The van der Waals surface area contributed by atoms with E-state index in [2.05, 4.69) is 21.2 Å². The van der Waals surface area contributed by atoms with Crippen LogP contribution in [0.2, 0.25) is 0 Å². The molecule has 0 spiro atoms. The third kappa shape index (κ3) is 3.43. The van der Waals surface area contributed by atoms with Gasteiger partial charge in [0.15, 0.2) is 0 Å². The van der Waals surface area contributed by atoms with Crippen LogP contribution in [0.1, 0.15) is 20.8 Å². The minimum atomic E-state index is -4.66. The first kappa shape index (κ1) is 15.5. The van der Waals surface area contributed by atoms with Crippen LogP contribution in [0.3, 0.4) is 0 Å². The quantitative estimate of drug-likeness (QED) is 0.831. The lowest BCUT2D eigenvalue weighted by Gasteiger charge is -2.11. The maximum atomic E-state index is 12.8. The molecule has 1 heterocycles. The summed E-state index contributed by atoms with van der Waals surface area (Å²) in [5.74, 6) is -0.519. The molecule has 0 saturated carbocycles. The average molecular weight is 375 g/mol. The first-order chi connectivity index (χ1) is 9.82. The Bertz CT molecular complexity index is 734. The second-order valence-corrected chi connectivity index (χ2v) is 5.69. The molecule has 21 heavy (non-hydrogen) atoms. The zero-order valence-electron chi connectivity index (χ0n) is 10.2. The van der Waals surface area contributed by atoms with Crippen LogP contribution in [0, 0.1) is 11.3 Å². The van der Waals surface area contributed by atoms with Crippen molar-refractivity contribution in [3.8, 4) is 6.07 Å². The summed E-state index contributed by atoms with van der Waals surface area (Å²) in [5, 5.41) is 12.8. The molecule has 0 aliphatic carbocycles. The van der Waals surface area contributed by atoms with Crippen LogP contribution in [-0.2, 0) is 6.18 Å². The largest absolute Gasteiger partial charge is 0.417 e. The fraction of sp³-hybridized carbons (Fsp3) is 0.0769. The van der Waals surface area contributed by atoms with Gasteiger partial charge in [0.1, 0.15) is 4.88 Å². The Kier molecular flexibility index (Phi) is 4.34. The molecule has 2 rings (SSSR count). The number of benzene rings is 1. The molecule has 0 fully saturated rings. The second kappa shape index (κ2) is 5.87. The molecule has 8 heteroatoms. The maximum Gasteiger partial charge on any atom is 0.417 e. The smallest absolute Gasteiger partial charge is 0.321 e. The number of anilines is 1. The van der Waals surface area contributed by atoms with Gasteiger partial charge in [0.2, 0.25) is 0 Å². The number of hydrogen-bond acceptors (Lipinski definition) is 3. The van der Waals surface area contributed by atoms with Crippen LogP contribution >= 0.6 is 27.3 Å². The van der Waals surface area contributed by atoms with E-state index in [1.54, 1.807) is 11.4 Å². The lowest BCUT2D eigenvalue weighted by Crippen LogP contribution is -2.13. The Morgan fingerprint density at radius 1 is 1.33 bits per heavy atom. The summed E-state index contributed by atoms with van der Waals surface area (Å²) in [6.07, 6.45) is -4.66. The number of amides is 1. The van der Waals surface area contributed by atoms with E-state index in [0.29, 0.717) is 9.35 Å². The summed E-state index contributed by atoms with van der Waals surface area (Å²) in [7, 11) is 0. The molecule has 0 aliphatic heterocycles. The lowest BCUT2D eigenvalue weighted by molar-refractivity contribution is -0.137. The van der Waals surface area contributed by atoms with Gasteiger partial charge in [-0.15, -0.1) is 11.3 Å². The normalized spacial score (nSPS) is 11.0. The number of carbonyl (C=O) groups excluding carboxylic acids is 1. The van der Waals surface area contributed by atoms with Crippen molar-refractivity contribution < 1.29 is 18.0 Å². The highest BCUT2D eigenvalue weighted by Crippen LogP contribution is 2.34. The molecule has 0 bridgehead atoms. The third-order valence-corrected chi connectivity index (χ3v) is 4.36. The first-order valence-corrected chi connectivity index (χ1v) is 7.16. The second-order valence-electron chi connectivity index (χ2n) is 3.92. The van der Waals surface area contributed by atoms with Crippen molar-refractivity contribution in [1.29, 1.82) is 5.26 Å². The van der Waals surface area contributed by atoms with Gasteiger partial charge < -0.3 is 5.32 Å². The van der Waals surface area contributed by atoms with Crippen molar-refractivity contribution >= 4 is 38.9 Å². The highest BCUT2D eigenvalue weighted by Gasteiger charge is 2.34. The predicted molar refractivity (Wildman–Crippen MR) is 76.1 cm³/mol. The standard InChI is InChI=1S/C13H6BrF3N2OS/c14-10-3-4-21-11(10)12(20)19-8-2-1-7(6-18)9(5-8)13(15,16)17/h1-5H,(H,19,20). The van der Waals surface area contributed by atoms with Gasteiger partial charge in [-0.1, -0.05) is 0 Å². The molecular formula is C13H6BrF3N2OS. The molecule has 0 saturated heterocycles. The van der Waals surface area contributed by atoms with E-state index >= 15 is 0 Å². The minimum Gasteiger partial charge on any atom is -0.321 e. The van der Waals surface area contributed by atoms with E-state index in [0.717, 1.165) is 23.5 Å². The number of thiophene rings is 1. The van der Waals surface area contributed by atoms with Gasteiger partial charge >= 0.3 is 6.18 Å². The molecule has 2 aromatic rings. The topological polar surface area (TPSA) is 52.9 Å². The molecule has 0 aliphatic rings. The fourth-order valence-corrected chi connectivity index (χ4v) is 3.04. The summed E-state index contributed by atoms with van der Waals surface area (Å²) >= 11 is 4.34. The van der Waals surface area contributed by atoms with E-state index in [4.69, 9.17) is 5.26 Å². The van der Waals surface area contributed by atoms with E-state index < -0.39 is 23.2 Å². The number of rotatable bonds is 2. The number of hydrogen-bond donors (Lipinski definition) is 1. The average Bonchev–Trinajstić information content (AvgIpc) is 2.84. The summed E-state index contributed by atoms with van der Waals surface area (Å²) in [4.78, 5) is 12.3. The molecule has 1 aromatic carbocycles.